The summed E-state index contributed by atoms with van der Waals surface area (Å²) in [6.45, 7) is 5.78. The van der Waals surface area contributed by atoms with Crippen LogP contribution >= 0.6 is 0 Å². The quantitative estimate of drug-likeness (QED) is 0.138. The van der Waals surface area contributed by atoms with Crippen LogP contribution in [0.4, 0.5) is 17.6 Å². The van der Waals surface area contributed by atoms with Crippen molar-refractivity contribution in [2.24, 2.45) is 5.92 Å². The van der Waals surface area contributed by atoms with Crippen molar-refractivity contribution in [1.29, 1.82) is 0 Å². The van der Waals surface area contributed by atoms with Crippen LogP contribution in [0, 0.1) is 29.2 Å². The molecule has 1 aliphatic rings. The summed E-state index contributed by atoms with van der Waals surface area (Å²) in [5.74, 6) is -4.19. The van der Waals surface area contributed by atoms with Crippen LogP contribution in [0.25, 0.3) is 11.1 Å². The minimum atomic E-state index is -1.06. The van der Waals surface area contributed by atoms with E-state index >= 15 is 0 Å². The van der Waals surface area contributed by atoms with Crippen molar-refractivity contribution in [3.05, 3.63) is 95.6 Å². The molecule has 1 N–H and O–H groups in total. The van der Waals surface area contributed by atoms with Crippen LogP contribution in [0.1, 0.15) is 68.9 Å². The third kappa shape index (κ3) is 6.87. The first-order valence-corrected chi connectivity index (χ1v) is 13.9. The Bertz CT molecular complexity index is 1280. The molecule has 0 heterocycles. The molecule has 0 spiro atoms. The molecule has 3 aromatic carbocycles. The first kappa shape index (κ1) is 29.7. The molecule has 0 bridgehead atoms. The number of aliphatic hydroxyl groups is 1. The number of halogens is 4. The van der Waals surface area contributed by atoms with Crippen molar-refractivity contribution >= 4 is 0 Å². The summed E-state index contributed by atoms with van der Waals surface area (Å²) in [6, 6.07) is 12.4. The third-order valence-electron chi connectivity index (χ3n) is 7.70. The highest BCUT2D eigenvalue weighted by atomic mass is 19.2. The summed E-state index contributed by atoms with van der Waals surface area (Å²) in [4.78, 5) is 0. The lowest BCUT2D eigenvalue weighted by Gasteiger charge is -2.32. The summed E-state index contributed by atoms with van der Waals surface area (Å²) in [5, 5.41) is 10.3. The maximum Gasteiger partial charge on any atom is 0.201 e. The Kier molecular flexibility index (Phi) is 10.3. The molecule has 214 valence electrons. The fourth-order valence-electron chi connectivity index (χ4n) is 5.38. The Balaban J connectivity index is 1.37. The summed E-state index contributed by atoms with van der Waals surface area (Å²) < 4.78 is 69.8. The van der Waals surface area contributed by atoms with E-state index in [2.05, 4.69) is 6.58 Å². The zero-order valence-electron chi connectivity index (χ0n) is 22.8. The van der Waals surface area contributed by atoms with Crippen LogP contribution in [0.2, 0.25) is 0 Å². The van der Waals surface area contributed by atoms with Crippen LogP contribution < -0.4 is 9.47 Å². The Morgan fingerprint density at radius 3 is 2.17 bits per heavy atom. The number of ether oxygens (including phenoxy) is 2. The second-order valence-corrected chi connectivity index (χ2v) is 10.4. The minimum Gasteiger partial charge on any atom is -0.490 e. The van der Waals surface area contributed by atoms with E-state index in [4.69, 9.17) is 9.47 Å². The normalized spacial score (nSPS) is 17.9. The van der Waals surface area contributed by atoms with E-state index in [0.29, 0.717) is 36.0 Å². The van der Waals surface area contributed by atoms with Gasteiger partial charge in [-0.3, -0.25) is 0 Å². The van der Waals surface area contributed by atoms with Crippen LogP contribution in [-0.4, -0.2) is 17.8 Å². The van der Waals surface area contributed by atoms with Crippen LogP contribution in [0.3, 0.4) is 0 Å². The van der Waals surface area contributed by atoms with E-state index in [1.54, 1.807) is 36.4 Å². The van der Waals surface area contributed by atoms with Crippen molar-refractivity contribution in [3.8, 4) is 22.6 Å². The Hall–Kier alpha value is -3.32. The zero-order chi connectivity index (χ0) is 28.6. The van der Waals surface area contributed by atoms with Crippen LogP contribution in [-0.2, 0) is 6.61 Å². The highest BCUT2D eigenvalue weighted by Crippen LogP contribution is 2.40. The fourth-order valence-corrected chi connectivity index (χ4v) is 5.38. The largest absolute Gasteiger partial charge is 0.490 e. The van der Waals surface area contributed by atoms with E-state index in [0.717, 1.165) is 25.7 Å². The predicted molar refractivity (Wildman–Crippen MR) is 148 cm³/mol. The van der Waals surface area contributed by atoms with Gasteiger partial charge in [0.05, 0.1) is 12.7 Å². The number of aliphatic hydroxyl groups excluding tert-OH is 1. The van der Waals surface area contributed by atoms with E-state index in [1.165, 1.54) is 18.2 Å². The highest BCUT2D eigenvalue weighted by molar-refractivity contribution is 5.65. The van der Waals surface area contributed by atoms with Crippen molar-refractivity contribution in [3.63, 3.8) is 0 Å². The summed E-state index contributed by atoms with van der Waals surface area (Å²) in [6.07, 6.45) is 6.52. The van der Waals surface area contributed by atoms with Gasteiger partial charge in [0.2, 0.25) is 11.6 Å². The molecule has 0 radical (unpaired) electrons. The molecule has 7 heteroatoms. The van der Waals surface area contributed by atoms with Gasteiger partial charge in [0.25, 0.3) is 0 Å². The summed E-state index contributed by atoms with van der Waals surface area (Å²) >= 11 is 0. The lowest BCUT2D eigenvalue weighted by atomic mass is 9.76. The second-order valence-electron chi connectivity index (χ2n) is 10.4. The van der Waals surface area contributed by atoms with Gasteiger partial charge in [0.15, 0.2) is 23.1 Å². The lowest BCUT2D eigenvalue weighted by Crippen LogP contribution is -2.25. The highest BCUT2D eigenvalue weighted by Gasteiger charge is 2.29. The Labute approximate surface area is 233 Å². The molecule has 1 aliphatic carbocycles. The first-order valence-electron chi connectivity index (χ1n) is 13.9. The van der Waals surface area contributed by atoms with Gasteiger partial charge in [0.1, 0.15) is 6.61 Å². The van der Waals surface area contributed by atoms with Crippen molar-refractivity contribution in [1.82, 2.24) is 0 Å². The lowest BCUT2D eigenvalue weighted by molar-refractivity contribution is 0.0727. The average molecular weight is 557 g/mol. The maximum atomic E-state index is 15.0. The molecule has 1 saturated carbocycles. The molecule has 0 aliphatic heterocycles. The SMILES string of the molecule is C=CCCOc1ccc(-c2ccc(COc3ccc(C4CCC(C(O)CCC)CC4)c(F)c3F)cc2)c(F)c1F. The molecule has 1 atom stereocenters. The van der Waals surface area contributed by atoms with Crippen molar-refractivity contribution in [2.45, 2.75) is 70.5 Å². The molecule has 3 nitrogen and oxygen atoms in total. The van der Waals surface area contributed by atoms with E-state index in [9.17, 15) is 22.7 Å². The van der Waals surface area contributed by atoms with Gasteiger partial charge < -0.3 is 14.6 Å². The molecule has 1 unspecified atom stereocenters. The van der Waals surface area contributed by atoms with E-state index in [-0.39, 0.29) is 48.2 Å². The molecular weight excluding hydrogens is 520 g/mol. The Morgan fingerprint density at radius 2 is 1.50 bits per heavy atom. The topological polar surface area (TPSA) is 38.7 Å². The van der Waals surface area contributed by atoms with Crippen LogP contribution in [0.5, 0.6) is 11.5 Å². The number of benzene rings is 3. The first-order chi connectivity index (χ1) is 19.3. The maximum absolute atomic E-state index is 15.0. The third-order valence-corrected chi connectivity index (χ3v) is 7.70. The molecular formula is C33H36F4O3. The molecule has 0 saturated heterocycles. The number of hydrogen-bond donors (Lipinski definition) is 1. The van der Waals surface area contributed by atoms with Gasteiger partial charge in [0, 0.05) is 5.56 Å². The standard InChI is InChI=1S/C33H36F4O3/c1-3-5-19-39-28-17-15-25(30(34)32(28)36)22-9-7-21(8-10-22)20-40-29-18-16-26(31(35)33(29)37)23-11-13-24(14-12-23)27(38)6-4-2/h3,7-10,15-18,23-24,27,38H,1,4-6,11-14,19-20H2,2H3. The molecule has 0 amide bonds. The van der Waals surface area contributed by atoms with Gasteiger partial charge in [-0.1, -0.05) is 49.8 Å². The minimum absolute atomic E-state index is 0.0245. The van der Waals surface area contributed by atoms with Gasteiger partial charge in [-0.25, -0.2) is 8.78 Å². The van der Waals surface area contributed by atoms with Gasteiger partial charge in [-0.2, -0.15) is 8.78 Å². The zero-order valence-corrected chi connectivity index (χ0v) is 22.8. The number of rotatable bonds is 12. The average Bonchev–Trinajstić information content (AvgIpc) is 2.97. The molecule has 3 aromatic rings. The molecule has 4 rings (SSSR count). The van der Waals surface area contributed by atoms with Crippen LogP contribution in [0.15, 0.2) is 61.2 Å². The van der Waals surface area contributed by atoms with E-state index in [1.807, 2.05) is 6.92 Å². The summed E-state index contributed by atoms with van der Waals surface area (Å²) in [7, 11) is 0. The predicted octanol–water partition coefficient (Wildman–Crippen LogP) is 8.88. The van der Waals surface area contributed by atoms with E-state index < -0.39 is 23.3 Å². The van der Waals surface area contributed by atoms with Crippen molar-refractivity contribution < 1.29 is 32.1 Å². The molecule has 40 heavy (non-hydrogen) atoms. The van der Waals surface area contributed by atoms with Crippen molar-refractivity contribution in [2.75, 3.05) is 6.61 Å². The smallest absolute Gasteiger partial charge is 0.201 e. The summed E-state index contributed by atoms with van der Waals surface area (Å²) in [5.41, 5.74) is 1.54. The van der Waals surface area contributed by atoms with Gasteiger partial charge in [-0.15, -0.1) is 6.58 Å². The fraction of sp³-hybridized carbons (Fsp3) is 0.394. The monoisotopic (exact) mass is 556 g/mol. The van der Waals surface area contributed by atoms with Gasteiger partial charge >= 0.3 is 0 Å². The number of hydrogen-bond acceptors (Lipinski definition) is 3. The molecule has 0 aromatic heterocycles. The second kappa shape index (κ2) is 13.8. The Morgan fingerprint density at radius 1 is 0.850 bits per heavy atom. The molecule has 1 fully saturated rings. The van der Waals surface area contributed by atoms with Gasteiger partial charge in [-0.05, 0) is 85.3 Å².